The van der Waals surface area contributed by atoms with E-state index in [-0.39, 0.29) is 0 Å². The Kier molecular flexibility index (Phi) is 4.17. The zero-order chi connectivity index (χ0) is 14.3. The lowest BCUT2D eigenvalue weighted by atomic mass is 9.96. The molecular weight excluding hydrogens is 318 g/mol. The molecule has 0 aromatic carbocycles. The second-order valence-corrected chi connectivity index (χ2v) is 6.77. The summed E-state index contributed by atoms with van der Waals surface area (Å²) in [6, 6.07) is 1.09. The van der Waals surface area contributed by atoms with Gasteiger partial charge in [-0.05, 0) is 29.9 Å². The first-order chi connectivity index (χ1) is 9.60. The van der Waals surface area contributed by atoms with Crippen molar-refractivity contribution in [2.45, 2.75) is 25.4 Å². The molecule has 0 saturated carbocycles. The highest BCUT2D eigenvalue weighted by Crippen LogP contribution is 2.25. The van der Waals surface area contributed by atoms with Crippen molar-refractivity contribution in [3.8, 4) is 0 Å². The van der Waals surface area contributed by atoms with Crippen LogP contribution in [0.3, 0.4) is 0 Å². The van der Waals surface area contributed by atoms with Gasteiger partial charge in [0.1, 0.15) is 0 Å². The molecule has 3 aliphatic heterocycles. The van der Waals surface area contributed by atoms with Crippen molar-refractivity contribution >= 4 is 15.9 Å². The van der Waals surface area contributed by atoms with Gasteiger partial charge in [0, 0.05) is 58.3 Å². The summed E-state index contributed by atoms with van der Waals surface area (Å²) >= 11 is 3.69. The number of hydrogen-bond donors (Lipinski definition) is 1. The van der Waals surface area contributed by atoms with E-state index < -0.39 is 0 Å². The fourth-order valence-electron chi connectivity index (χ4n) is 3.58. The van der Waals surface area contributed by atoms with Gasteiger partial charge in [-0.3, -0.25) is 14.5 Å². The van der Waals surface area contributed by atoms with Gasteiger partial charge in [0.05, 0.1) is 15.9 Å². The summed E-state index contributed by atoms with van der Waals surface area (Å²) in [5.74, 6) is 0. The summed E-state index contributed by atoms with van der Waals surface area (Å²) < 4.78 is 3.18. The van der Waals surface area contributed by atoms with Crippen molar-refractivity contribution in [3.05, 3.63) is 15.9 Å². The molecule has 0 amide bonds. The van der Waals surface area contributed by atoms with Crippen molar-refractivity contribution in [1.82, 2.24) is 24.9 Å². The van der Waals surface area contributed by atoms with Gasteiger partial charge in [-0.2, -0.15) is 5.10 Å². The number of piperazine rings is 3. The van der Waals surface area contributed by atoms with Crippen LogP contribution in [-0.4, -0.2) is 71.4 Å². The zero-order valence-corrected chi connectivity index (χ0v) is 14.2. The van der Waals surface area contributed by atoms with E-state index in [2.05, 4.69) is 50.1 Å². The largest absolute Gasteiger partial charge is 0.315 e. The Hall–Kier alpha value is -0.430. The lowest BCUT2D eigenvalue weighted by molar-refractivity contribution is -0.00228. The van der Waals surface area contributed by atoms with Crippen LogP contribution in [0.2, 0.25) is 0 Å². The molecule has 0 spiro atoms. The fourth-order valence-corrected chi connectivity index (χ4v) is 4.08. The molecule has 112 valence electrons. The number of aryl methyl sites for hydroxylation is 2. The SMILES string of the molecule is CNC(Cc1c(Br)c(C)nn1C)C1CN2CCN1CC2. The lowest BCUT2D eigenvalue weighted by Crippen LogP contribution is -2.66. The first-order valence-electron chi connectivity index (χ1n) is 7.41. The summed E-state index contributed by atoms with van der Waals surface area (Å²) in [4.78, 5) is 5.25. The minimum Gasteiger partial charge on any atom is -0.315 e. The smallest absolute Gasteiger partial charge is 0.0738 e. The van der Waals surface area contributed by atoms with E-state index in [0.29, 0.717) is 12.1 Å². The molecular formula is C14H24BrN5. The van der Waals surface area contributed by atoms with Crippen molar-refractivity contribution in [3.63, 3.8) is 0 Å². The van der Waals surface area contributed by atoms with Crippen molar-refractivity contribution in [2.24, 2.45) is 7.05 Å². The van der Waals surface area contributed by atoms with E-state index in [1.54, 1.807) is 0 Å². The van der Waals surface area contributed by atoms with Gasteiger partial charge >= 0.3 is 0 Å². The topological polar surface area (TPSA) is 36.3 Å². The normalized spacial score (nSPS) is 30.7. The summed E-state index contributed by atoms with van der Waals surface area (Å²) in [7, 11) is 4.12. The predicted octanol–water partition coefficient (Wildman–Crippen LogP) is 0.621. The van der Waals surface area contributed by atoms with E-state index >= 15 is 0 Å². The maximum atomic E-state index is 4.51. The second-order valence-electron chi connectivity index (χ2n) is 5.97. The van der Waals surface area contributed by atoms with E-state index in [1.165, 1.54) is 38.4 Å². The molecule has 3 saturated heterocycles. The van der Waals surface area contributed by atoms with Crippen LogP contribution in [0.1, 0.15) is 11.4 Å². The minimum absolute atomic E-state index is 0.476. The van der Waals surface area contributed by atoms with Gasteiger partial charge in [0.25, 0.3) is 0 Å². The predicted molar refractivity (Wildman–Crippen MR) is 84.0 cm³/mol. The Morgan fingerprint density at radius 2 is 2.05 bits per heavy atom. The zero-order valence-electron chi connectivity index (χ0n) is 12.6. The van der Waals surface area contributed by atoms with Crippen molar-refractivity contribution < 1.29 is 0 Å². The highest BCUT2D eigenvalue weighted by molar-refractivity contribution is 9.10. The molecule has 2 atom stereocenters. The third-order valence-corrected chi connectivity index (χ3v) is 5.86. The molecule has 6 heteroatoms. The van der Waals surface area contributed by atoms with Crippen LogP contribution >= 0.6 is 15.9 Å². The molecule has 1 N–H and O–H groups in total. The van der Waals surface area contributed by atoms with Gasteiger partial charge in [-0.1, -0.05) is 0 Å². The van der Waals surface area contributed by atoms with Gasteiger partial charge in [-0.15, -0.1) is 0 Å². The number of halogens is 1. The maximum absolute atomic E-state index is 4.51. The van der Waals surface area contributed by atoms with Gasteiger partial charge in [-0.25, -0.2) is 0 Å². The number of likely N-dealkylation sites (N-methyl/N-ethyl adjacent to an activating group) is 1. The van der Waals surface area contributed by atoms with Crippen LogP contribution in [0.15, 0.2) is 4.47 Å². The lowest BCUT2D eigenvalue weighted by Gasteiger charge is -2.50. The third kappa shape index (κ3) is 2.54. The van der Waals surface area contributed by atoms with E-state index in [0.717, 1.165) is 16.6 Å². The summed E-state index contributed by atoms with van der Waals surface area (Å²) in [6.07, 6.45) is 1.02. The van der Waals surface area contributed by atoms with Crippen LogP contribution in [0.25, 0.3) is 0 Å². The summed E-state index contributed by atoms with van der Waals surface area (Å²) in [5.41, 5.74) is 2.37. The molecule has 2 bridgehead atoms. The van der Waals surface area contributed by atoms with Crippen LogP contribution in [-0.2, 0) is 13.5 Å². The van der Waals surface area contributed by atoms with E-state index in [4.69, 9.17) is 0 Å². The molecule has 0 aliphatic carbocycles. The Morgan fingerprint density at radius 1 is 1.35 bits per heavy atom. The minimum atomic E-state index is 0.476. The van der Waals surface area contributed by atoms with Gasteiger partial charge < -0.3 is 5.32 Å². The van der Waals surface area contributed by atoms with Crippen molar-refractivity contribution in [1.29, 1.82) is 0 Å². The van der Waals surface area contributed by atoms with Gasteiger partial charge in [0.15, 0.2) is 0 Å². The fraction of sp³-hybridized carbons (Fsp3) is 0.786. The molecule has 20 heavy (non-hydrogen) atoms. The average molecular weight is 342 g/mol. The number of fused-ring (bicyclic) bond motifs is 3. The number of rotatable bonds is 4. The Morgan fingerprint density at radius 3 is 2.50 bits per heavy atom. The van der Waals surface area contributed by atoms with Crippen LogP contribution in [0.5, 0.6) is 0 Å². The first kappa shape index (κ1) is 14.5. The molecule has 3 fully saturated rings. The quantitative estimate of drug-likeness (QED) is 0.871. The highest BCUT2D eigenvalue weighted by Gasteiger charge is 2.36. The Bertz CT molecular complexity index is 478. The molecule has 1 aromatic rings. The van der Waals surface area contributed by atoms with E-state index in [1.807, 2.05) is 11.7 Å². The summed E-state index contributed by atoms with van der Waals surface area (Å²) in [5, 5.41) is 8.05. The Balaban J connectivity index is 1.77. The number of nitrogens with zero attached hydrogens (tertiary/aromatic N) is 4. The molecule has 5 nitrogen and oxygen atoms in total. The number of aromatic nitrogens is 2. The Labute approximate surface area is 129 Å². The average Bonchev–Trinajstić information content (AvgIpc) is 2.71. The van der Waals surface area contributed by atoms with Crippen LogP contribution in [0, 0.1) is 6.92 Å². The molecule has 0 radical (unpaired) electrons. The van der Waals surface area contributed by atoms with Crippen LogP contribution in [0.4, 0.5) is 0 Å². The standard InChI is InChI=1S/C14H24BrN5/c1-10-14(15)12(18(3)17-10)8-11(16-2)13-9-19-4-6-20(13)7-5-19/h11,13,16H,4-9H2,1-3H3. The molecule has 1 aromatic heterocycles. The molecule has 4 heterocycles. The molecule has 2 unspecified atom stereocenters. The molecule has 3 aliphatic rings. The van der Waals surface area contributed by atoms with Gasteiger partial charge in [0.2, 0.25) is 0 Å². The monoisotopic (exact) mass is 341 g/mol. The highest BCUT2D eigenvalue weighted by atomic mass is 79.9. The number of hydrogen-bond acceptors (Lipinski definition) is 4. The third-order valence-electron chi connectivity index (χ3n) is 4.83. The first-order valence-corrected chi connectivity index (χ1v) is 8.21. The van der Waals surface area contributed by atoms with Crippen LogP contribution < -0.4 is 5.32 Å². The summed E-state index contributed by atoms with van der Waals surface area (Å²) in [6.45, 7) is 8.16. The van der Waals surface area contributed by atoms with E-state index in [9.17, 15) is 0 Å². The van der Waals surface area contributed by atoms with Crippen molar-refractivity contribution in [2.75, 3.05) is 39.8 Å². The molecule has 4 rings (SSSR count). The second kappa shape index (κ2) is 5.75. The number of nitrogens with one attached hydrogen (secondary N) is 1. The maximum Gasteiger partial charge on any atom is 0.0738 e.